The van der Waals surface area contributed by atoms with Crippen LogP contribution in [0.4, 0.5) is 14.7 Å². The molecule has 3 aromatic heterocycles. The molecule has 8 nitrogen and oxygen atoms in total. The highest BCUT2D eigenvalue weighted by molar-refractivity contribution is 7.89. The predicted octanol–water partition coefficient (Wildman–Crippen LogP) is 4.58. The topological polar surface area (TPSA) is 101 Å². The van der Waals surface area contributed by atoms with Gasteiger partial charge in [-0.25, -0.2) is 36.9 Å². The monoisotopic (exact) mass is 526 g/mol. The zero-order valence-electron chi connectivity index (χ0n) is 18.7. The summed E-state index contributed by atoms with van der Waals surface area (Å²) in [7, 11) is -3.80. The van der Waals surface area contributed by atoms with Crippen molar-refractivity contribution >= 4 is 32.3 Å². The molecule has 0 spiro atoms. The molecule has 0 atom stereocenters. The average molecular weight is 527 g/mol. The second kappa shape index (κ2) is 10.1. The minimum atomic E-state index is -3.80. The number of halogens is 2. The van der Waals surface area contributed by atoms with E-state index in [1.54, 1.807) is 24.4 Å². The summed E-state index contributed by atoms with van der Waals surface area (Å²) in [5.41, 5.74) is 2.56. The molecule has 0 bridgehead atoms. The Labute approximate surface area is 209 Å². The highest BCUT2D eigenvalue weighted by atomic mass is 32.2. The lowest BCUT2D eigenvalue weighted by Gasteiger charge is -2.09. The van der Waals surface area contributed by atoms with Crippen LogP contribution in [0.5, 0.6) is 0 Å². The summed E-state index contributed by atoms with van der Waals surface area (Å²) in [5, 5.41) is 5.00. The Morgan fingerprint density at radius 2 is 1.78 bits per heavy atom. The number of thiazole rings is 1. The summed E-state index contributed by atoms with van der Waals surface area (Å²) in [6.45, 7) is 0.541. The standard InChI is InChI=1S/C24H20F2N6O2S2/c25-17-5-1-4-16(14-17)21-22(32-12-13-35-24(32)31-21)20-8-11-28-23(30-20)27-9-3-10-29-36(33,34)19-7-2-6-18(26)15-19/h1-2,4-8,11-15,29H,3,9-10H2,(H,27,28,30). The van der Waals surface area contributed by atoms with Crippen LogP contribution in [-0.4, -0.2) is 40.9 Å². The number of sulfonamides is 1. The molecule has 0 saturated carbocycles. The number of benzene rings is 2. The van der Waals surface area contributed by atoms with E-state index in [1.165, 1.54) is 41.7 Å². The van der Waals surface area contributed by atoms with Gasteiger partial charge in [0.2, 0.25) is 16.0 Å². The van der Waals surface area contributed by atoms with Crippen molar-refractivity contribution in [3.8, 4) is 22.6 Å². The number of anilines is 1. The highest BCUT2D eigenvalue weighted by Crippen LogP contribution is 2.33. The first-order valence-corrected chi connectivity index (χ1v) is 13.3. The Kier molecular flexibility index (Phi) is 6.72. The third-order valence-electron chi connectivity index (χ3n) is 5.29. The van der Waals surface area contributed by atoms with E-state index in [0.29, 0.717) is 41.6 Å². The average Bonchev–Trinajstić information content (AvgIpc) is 3.45. The lowest BCUT2D eigenvalue weighted by atomic mass is 10.1. The summed E-state index contributed by atoms with van der Waals surface area (Å²) in [4.78, 5) is 14.2. The van der Waals surface area contributed by atoms with E-state index >= 15 is 0 Å². The number of aromatic nitrogens is 4. The molecule has 184 valence electrons. The Bertz CT molecular complexity index is 1630. The fraction of sp³-hybridized carbons (Fsp3) is 0.125. The van der Waals surface area contributed by atoms with E-state index in [-0.39, 0.29) is 17.3 Å². The van der Waals surface area contributed by atoms with Crippen LogP contribution < -0.4 is 10.0 Å². The van der Waals surface area contributed by atoms with Crippen molar-refractivity contribution in [1.82, 2.24) is 24.1 Å². The van der Waals surface area contributed by atoms with Crippen molar-refractivity contribution in [3.05, 3.63) is 84.0 Å². The maximum absolute atomic E-state index is 13.9. The minimum Gasteiger partial charge on any atom is -0.354 e. The van der Waals surface area contributed by atoms with Crippen LogP contribution in [0.3, 0.4) is 0 Å². The van der Waals surface area contributed by atoms with E-state index in [9.17, 15) is 17.2 Å². The molecule has 0 fully saturated rings. The first-order valence-electron chi connectivity index (χ1n) is 10.9. The van der Waals surface area contributed by atoms with Crippen molar-refractivity contribution in [2.45, 2.75) is 11.3 Å². The van der Waals surface area contributed by atoms with Gasteiger partial charge in [0.15, 0.2) is 4.96 Å². The van der Waals surface area contributed by atoms with Crippen molar-refractivity contribution in [2.75, 3.05) is 18.4 Å². The smallest absolute Gasteiger partial charge is 0.240 e. The van der Waals surface area contributed by atoms with Crippen LogP contribution in [-0.2, 0) is 10.0 Å². The summed E-state index contributed by atoms with van der Waals surface area (Å²) >= 11 is 1.46. The van der Waals surface area contributed by atoms with Gasteiger partial charge < -0.3 is 5.32 Å². The molecule has 3 heterocycles. The van der Waals surface area contributed by atoms with Crippen molar-refractivity contribution in [2.24, 2.45) is 0 Å². The molecular formula is C24H20F2N6O2S2. The molecule has 36 heavy (non-hydrogen) atoms. The second-order valence-corrected chi connectivity index (χ2v) is 10.4. The SMILES string of the molecule is O=S(=O)(NCCCNc1nccc(-c2c(-c3cccc(F)c3)nc3sccn23)n1)c1cccc(F)c1. The van der Waals surface area contributed by atoms with Gasteiger partial charge in [0, 0.05) is 36.4 Å². The number of nitrogens with zero attached hydrogens (tertiary/aromatic N) is 4. The van der Waals surface area contributed by atoms with Crippen LogP contribution in [0, 0.1) is 11.6 Å². The molecule has 12 heteroatoms. The Balaban J connectivity index is 1.28. The second-order valence-electron chi connectivity index (χ2n) is 7.78. The fourth-order valence-corrected chi connectivity index (χ4v) is 5.48. The van der Waals surface area contributed by atoms with Gasteiger partial charge in [-0.15, -0.1) is 11.3 Å². The number of rotatable bonds is 9. The van der Waals surface area contributed by atoms with Gasteiger partial charge in [0.05, 0.1) is 16.3 Å². The van der Waals surface area contributed by atoms with Gasteiger partial charge in [-0.1, -0.05) is 18.2 Å². The normalized spacial score (nSPS) is 11.7. The van der Waals surface area contributed by atoms with Gasteiger partial charge in [-0.3, -0.25) is 4.40 Å². The number of hydrogen-bond donors (Lipinski definition) is 2. The molecule has 0 saturated heterocycles. The van der Waals surface area contributed by atoms with Crippen molar-refractivity contribution in [3.63, 3.8) is 0 Å². The molecule has 0 aliphatic rings. The van der Waals surface area contributed by atoms with Crippen molar-refractivity contribution in [1.29, 1.82) is 0 Å². The van der Waals surface area contributed by atoms with E-state index in [4.69, 9.17) is 0 Å². The van der Waals surface area contributed by atoms with Crippen LogP contribution >= 0.6 is 11.3 Å². The van der Waals surface area contributed by atoms with Gasteiger partial charge in [-0.2, -0.15) is 0 Å². The summed E-state index contributed by atoms with van der Waals surface area (Å²) in [6.07, 6.45) is 3.93. The predicted molar refractivity (Wildman–Crippen MR) is 134 cm³/mol. The Morgan fingerprint density at radius 3 is 2.58 bits per heavy atom. The van der Waals surface area contributed by atoms with E-state index < -0.39 is 15.8 Å². The van der Waals surface area contributed by atoms with Crippen LogP contribution in [0.1, 0.15) is 6.42 Å². The maximum Gasteiger partial charge on any atom is 0.240 e. The van der Waals surface area contributed by atoms with Gasteiger partial charge in [0.1, 0.15) is 17.3 Å². The molecule has 5 rings (SSSR count). The molecule has 2 N–H and O–H groups in total. The minimum absolute atomic E-state index is 0.124. The molecule has 5 aromatic rings. The number of fused-ring (bicyclic) bond motifs is 1. The van der Waals surface area contributed by atoms with Crippen molar-refractivity contribution < 1.29 is 17.2 Å². The zero-order chi connectivity index (χ0) is 25.1. The van der Waals surface area contributed by atoms with Gasteiger partial charge in [-0.05, 0) is 42.8 Å². The zero-order valence-corrected chi connectivity index (χ0v) is 20.4. The summed E-state index contributed by atoms with van der Waals surface area (Å²) in [5.74, 6) is -0.612. The Morgan fingerprint density at radius 1 is 0.972 bits per heavy atom. The molecule has 0 amide bonds. The third-order valence-corrected chi connectivity index (χ3v) is 7.51. The third kappa shape index (κ3) is 5.10. The molecule has 0 aliphatic heterocycles. The first-order chi connectivity index (χ1) is 17.4. The summed E-state index contributed by atoms with van der Waals surface area (Å²) < 4.78 is 56.2. The van der Waals surface area contributed by atoms with E-state index in [1.807, 2.05) is 16.0 Å². The van der Waals surface area contributed by atoms with Crippen LogP contribution in [0.25, 0.3) is 27.6 Å². The molecule has 2 aromatic carbocycles. The lowest BCUT2D eigenvalue weighted by molar-refractivity contribution is 0.576. The number of hydrogen-bond acceptors (Lipinski definition) is 7. The number of imidazole rings is 1. The fourth-order valence-electron chi connectivity index (χ4n) is 3.66. The van der Waals surface area contributed by atoms with Crippen LogP contribution in [0.15, 0.2) is 77.3 Å². The van der Waals surface area contributed by atoms with Gasteiger partial charge in [0.25, 0.3) is 0 Å². The molecular weight excluding hydrogens is 506 g/mol. The largest absolute Gasteiger partial charge is 0.354 e. The summed E-state index contributed by atoms with van der Waals surface area (Å²) in [6, 6.07) is 12.8. The Hall–Kier alpha value is -3.74. The quantitative estimate of drug-likeness (QED) is 0.273. The first kappa shape index (κ1) is 24.0. The lowest BCUT2D eigenvalue weighted by Crippen LogP contribution is -2.26. The molecule has 0 radical (unpaired) electrons. The number of nitrogens with one attached hydrogen (secondary N) is 2. The van der Waals surface area contributed by atoms with E-state index in [2.05, 4.69) is 25.0 Å². The highest BCUT2D eigenvalue weighted by Gasteiger charge is 2.19. The molecule has 0 unspecified atom stereocenters. The van der Waals surface area contributed by atoms with Gasteiger partial charge >= 0.3 is 0 Å². The molecule has 0 aliphatic carbocycles. The maximum atomic E-state index is 13.9. The van der Waals surface area contributed by atoms with E-state index in [0.717, 1.165) is 11.0 Å². The van der Waals surface area contributed by atoms with Crippen LogP contribution in [0.2, 0.25) is 0 Å².